The second-order valence-corrected chi connectivity index (χ2v) is 6.44. The molecule has 4 nitrogen and oxygen atoms in total. The first-order chi connectivity index (χ1) is 9.49. The van der Waals surface area contributed by atoms with E-state index in [-0.39, 0.29) is 5.91 Å². The van der Waals surface area contributed by atoms with Crippen LogP contribution in [0.25, 0.3) is 0 Å². The molecule has 0 aliphatic rings. The summed E-state index contributed by atoms with van der Waals surface area (Å²) in [7, 11) is 3.39. The molecule has 6 heteroatoms. The number of likely N-dealkylation sites (N-methyl/N-ethyl adjacent to an activating group) is 1. The monoisotopic (exact) mass is 360 g/mol. The Kier molecular flexibility index (Phi) is 7.40. The molecule has 1 atom stereocenters. The van der Waals surface area contributed by atoms with Crippen molar-refractivity contribution < 1.29 is 9.53 Å². The molecule has 1 rings (SSSR count). The van der Waals surface area contributed by atoms with E-state index in [1.807, 2.05) is 24.5 Å². The van der Waals surface area contributed by atoms with E-state index in [1.54, 1.807) is 30.8 Å². The molecule has 0 aliphatic carbocycles. The second-order valence-electron chi connectivity index (χ2n) is 4.54. The fourth-order valence-electron chi connectivity index (χ4n) is 1.86. The van der Waals surface area contributed by atoms with Gasteiger partial charge in [0.05, 0.1) is 13.2 Å². The van der Waals surface area contributed by atoms with Crippen molar-refractivity contribution in [3.05, 3.63) is 28.2 Å². The minimum Gasteiger partial charge on any atom is -0.496 e. The van der Waals surface area contributed by atoms with Crippen molar-refractivity contribution in [2.75, 3.05) is 26.2 Å². The highest BCUT2D eigenvalue weighted by Crippen LogP contribution is 2.24. The Balaban J connectivity index is 2.72. The Hall–Kier alpha value is -0.720. The Morgan fingerprint density at radius 1 is 1.55 bits per heavy atom. The number of ether oxygens (including phenoxy) is 1. The summed E-state index contributed by atoms with van der Waals surface area (Å²) in [6.45, 7) is 0.481. The molecule has 0 unspecified atom stereocenters. The van der Waals surface area contributed by atoms with Gasteiger partial charge in [-0.25, -0.2) is 0 Å². The van der Waals surface area contributed by atoms with Gasteiger partial charge in [-0.15, -0.1) is 0 Å². The fourth-order valence-corrected chi connectivity index (χ4v) is 2.75. The van der Waals surface area contributed by atoms with Gasteiger partial charge in [0.25, 0.3) is 0 Å². The van der Waals surface area contributed by atoms with Gasteiger partial charge in [-0.05, 0) is 36.6 Å². The summed E-state index contributed by atoms with van der Waals surface area (Å²) in [4.78, 5) is 13.8. The summed E-state index contributed by atoms with van der Waals surface area (Å²) in [5.74, 6) is 1.62. The number of amides is 1. The Labute approximate surface area is 133 Å². The number of nitrogens with zero attached hydrogens (tertiary/aromatic N) is 1. The lowest BCUT2D eigenvalue weighted by Crippen LogP contribution is -2.41. The van der Waals surface area contributed by atoms with Crippen LogP contribution in [0.3, 0.4) is 0 Å². The van der Waals surface area contributed by atoms with Gasteiger partial charge < -0.3 is 15.4 Å². The average Bonchev–Trinajstić information content (AvgIpc) is 2.44. The van der Waals surface area contributed by atoms with E-state index < -0.39 is 6.04 Å². The van der Waals surface area contributed by atoms with E-state index in [9.17, 15) is 4.79 Å². The van der Waals surface area contributed by atoms with Crippen LogP contribution in [0.4, 0.5) is 0 Å². The van der Waals surface area contributed by atoms with Gasteiger partial charge in [-0.1, -0.05) is 15.9 Å². The molecule has 0 saturated carbocycles. The molecular formula is C14H21BrN2O2S. The highest BCUT2D eigenvalue weighted by atomic mass is 79.9. The summed E-state index contributed by atoms with van der Waals surface area (Å²) in [5, 5.41) is 0. The maximum Gasteiger partial charge on any atom is 0.239 e. The van der Waals surface area contributed by atoms with E-state index >= 15 is 0 Å². The average molecular weight is 361 g/mol. The van der Waals surface area contributed by atoms with Crippen LogP contribution in [0.2, 0.25) is 0 Å². The first kappa shape index (κ1) is 17.3. The normalized spacial score (nSPS) is 12.1. The van der Waals surface area contributed by atoms with E-state index in [4.69, 9.17) is 10.5 Å². The summed E-state index contributed by atoms with van der Waals surface area (Å²) in [6.07, 6.45) is 2.70. The number of hydrogen-bond donors (Lipinski definition) is 1. The lowest BCUT2D eigenvalue weighted by molar-refractivity contribution is -0.131. The van der Waals surface area contributed by atoms with Crippen LogP contribution in [0.5, 0.6) is 5.75 Å². The number of rotatable bonds is 7. The van der Waals surface area contributed by atoms with E-state index in [2.05, 4.69) is 15.9 Å². The zero-order valence-corrected chi connectivity index (χ0v) is 14.5. The van der Waals surface area contributed by atoms with Gasteiger partial charge in [0, 0.05) is 23.6 Å². The number of hydrogen-bond acceptors (Lipinski definition) is 4. The third-order valence-corrected chi connectivity index (χ3v) is 4.11. The zero-order valence-electron chi connectivity index (χ0n) is 12.1. The van der Waals surface area contributed by atoms with Crippen molar-refractivity contribution in [1.29, 1.82) is 0 Å². The summed E-state index contributed by atoms with van der Waals surface area (Å²) in [5.41, 5.74) is 6.87. The zero-order chi connectivity index (χ0) is 15.1. The minimum absolute atomic E-state index is 0.0407. The highest BCUT2D eigenvalue weighted by molar-refractivity contribution is 9.10. The van der Waals surface area contributed by atoms with Crippen molar-refractivity contribution in [3.63, 3.8) is 0 Å². The standard InChI is InChI=1S/C14H21BrN2O2S/c1-17(14(18)12(16)6-7-20-3)9-10-8-11(15)4-5-13(10)19-2/h4-5,8,12H,6-7,9,16H2,1-3H3/t12-/m0/s1. The number of halogens is 1. The highest BCUT2D eigenvalue weighted by Gasteiger charge is 2.18. The third kappa shape index (κ3) is 5.00. The van der Waals surface area contributed by atoms with E-state index in [0.29, 0.717) is 13.0 Å². The van der Waals surface area contributed by atoms with Crippen LogP contribution in [0, 0.1) is 0 Å². The number of carbonyl (C=O) groups excluding carboxylic acids is 1. The van der Waals surface area contributed by atoms with Gasteiger partial charge in [0.15, 0.2) is 0 Å². The molecule has 0 aromatic heterocycles. The largest absolute Gasteiger partial charge is 0.496 e. The molecule has 0 fully saturated rings. The van der Waals surface area contributed by atoms with E-state index in [1.165, 1.54) is 0 Å². The SMILES string of the molecule is COc1ccc(Br)cc1CN(C)C(=O)[C@@H](N)CCSC. The molecule has 112 valence electrons. The summed E-state index contributed by atoms with van der Waals surface area (Å²) >= 11 is 5.12. The molecule has 0 saturated heterocycles. The van der Waals surface area contributed by atoms with Crippen molar-refractivity contribution >= 4 is 33.6 Å². The number of thioether (sulfide) groups is 1. The molecule has 2 N–H and O–H groups in total. The lowest BCUT2D eigenvalue weighted by atomic mass is 10.1. The van der Waals surface area contributed by atoms with Crippen molar-refractivity contribution in [3.8, 4) is 5.75 Å². The molecular weight excluding hydrogens is 340 g/mol. The third-order valence-electron chi connectivity index (χ3n) is 2.98. The maximum atomic E-state index is 12.2. The molecule has 1 aromatic rings. The van der Waals surface area contributed by atoms with Crippen LogP contribution >= 0.6 is 27.7 Å². The number of nitrogens with two attached hydrogens (primary N) is 1. The van der Waals surface area contributed by atoms with Crippen LogP contribution in [-0.4, -0.2) is 43.0 Å². The Bertz CT molecular complexity index is 457. The Morgan fingerprint density at radius 3 is 2.85 bits per heavy atom. The fraction of sp³-hybridized carbons (Fsp3) is 0.500. The maximum absolute atomic E-state index is 12.2. The van der Waals surface area contributed by atoms with Gasteiger partial charge in [0.1, 0.15) is 5.75 Å². The number of methoxy groups -OCH3 is 1. The second kappa shape index (κ2) is 8.54. The molecule has 20 heavy (non-hydrogen) atoms. The first-order valence-corrected chi connectivity index (χ1v) is 8.50. The summed E-state index contributed by atoms with van der Waals surface area (Å²) < 4.78 is 6.27. The first-order valence-electron chi connectivity index (χ1n) is 6.31. The van der Waals surface area contributed by atoms with Gasteiger partial charge in [-0.2, -0.15) is 11.8 Å². The molecule has 0 bridgehead atoms. The van der Waals surface area contributed by atoms with Crippen molar-refractivity contribution in [1.82, 2.24) is 4.90 Å². The molecule has 1 aromatic carbocycles. The smallest absolute Gasteiger partial charge is 0.239 e. The number of carbonyl (C=O) groups is 1. The molecule has 0 radical (unpaired) electrons. The van der Waals surface area contributed by atoms with E-state index in [0.717, 1.165) is 21.5 Å². The van der Waals surface area contributed by atoms with Crippen LogP contribution in [-0.2, 0) is 11.3 Å². The van der Waals surface area contributed by atoms with Crippen molar-refractivity contribution in [2.45, 2.75) is 19.0 Å². The molecule has 1 amide bonds. The van der Waals surface area contributed by atoms with Gasteiger partial charge in [-0.3, -0.25) is 4.79 Å². The quantitative estimate of drug-likeness (QED) is 0.811. The van der Waals surface area contributed by atoms with Crippen LogP contribution in [0.15, 0.2) is 22.7 Å². The topological polar surface area (TPSA) is 55.6 Å². The van der Waals surface area contributed by atoms with Gasteiger partial charge in [0.2, 0.25) is 5.91 Å². The number of benzene rings is 1. The predicted molar refractivity (Wildman–Crippen MR) is 88.1 cm³/mol. The predicted octanol–water partition coefficient (Wildman–Crippen LogP) is 2.50. The van der Waals surface area contributed by atoms with Crippen LogP contribution in [0.1, 0.15) is 12.0 Å². The lowest BCUT2D eigenvalue weighted by Gasteiger charge is -2.22. The van der Waals surface area contributed by atoms with Gasteiger partial charge >= 0.3 is 0 Å². The molecule has 0 heterocycles. The van der Waals surface area contributed by atoms with Crippen molar-refractivity contribution in [2.24, 2.45) is 5.73 Å². The minimum atomic E-state index is -0.439. The molecule has 0 aliphatic heterocycles. The molecule has 0 spiro atoms. The Morgan fingerprint density at radius 2 is 2.25 bits per heavy atom. The van der Waals surface area contributed by atoms with Crippen LogP contribution < -0.4 is 10.5 Å². The summed E-state index contributed by atoms with van der Waals surface area (Å²) in [6, 6.07) is 5.31.